The van der Waals surface area contributed by atoms with Crippen molar-refractivity contribution in [1.29, 1.82) is 0 Å². The molecule has 1 aliphatic rings. The Morgan fingerprint density at radius 1 is 1.26 bits per heavy atom. The lowest BCUT2D eigenvalue weighted by molar-refractivity contribution is 0.0383. The molecule has 0 atom stereocenters. The predicted molar refractivity (Wildman–Crippen MR) is 120 cm³/mol. The molecule has 31 heavy (non-hydrogen) atoms. The van der Waals surface area contributed by atoms with E-state index in [0.717, 1.165) is 13.1 Å². The van der Waals surface area contributed by atoms with Gasteiger partial charge in [-0.1, -0.05) is 6.08 Å². The van der Waals surface area contributed by atoms with Crippen molar-refractivity contribution in [2.45, 2.75) is 6.54 Å². The highest BCUT2D eigenvalue weighted by atomic mass is 35.5. The van der Waals surface area contributed by atoms with Crippen molar-refractivity contribution in [3.8, 4) is 17.2 Å². The number of allylic oxidation sites excluding steroid dienone is 1. The maximum absolute atomic E-state index is 13.0. The summed E-state index contributed by atoms with van der Waals surface area (Å²) in [6.07, 6.45) is 1.55. The van der Waals surface area contributed by atoms with Crippen molar-refractivity contribution < 1.29 is 24.1 Å². The summed E-state index contributed by atoms with van der Waals surface area (Å²) >= 11 is 0. The average molecular weight is 454 g/mol. The van der Waals surface area contributed by atoms with Crippen LogP contribution in [0.15, 0.2) is 29.6 Å². The van der Waals surface area contributed by atoms with Gasteiger partial charge >= 0.3 is 0 Å². The van der Waals surface area contributed by atoms with Gasteiger partial charge in [-0.05, 0) is 6.07 Å². The molecule has 1 aromatic heterocycles. The van der Waals surface area contributed by atoms with E-state index in [4.69, 9.17) is 14.2 Å². The molecule has 0 saturated carbocycles. The van der Waals surface area contributed by atoms with Crippen LogP contribution in [-0.2, 0) is 11.3 Å². The second kappa shape index (κ2) is 11.0. The summed E-state index contributed by atoms with van der Waals surface area (Å²) in [6.45, 7) is 7.75. The number of nitrogens with one attached hydrogen (secondary N) is 1. The summed E-state index contributed by atoms with van der Waals surface area (Å²) in [6, 6.07) is 3.14. The molecule has 1 saturated heterocycles. The second-order valence-electron chi connectivity index (χ2n) is 6.86. The molecule has 0 radical (unpaired) electrons. The molecule has 0 bridgehead atoms. The molecule has 2 aromatic rings. The summed E-state index contributed by atoms with van der Waals surface area (Å²) < 4.78 is 17.3. The van der Waals surface area contributed by atoms with Crippen LogP contribution in [0.25, 0.3) is 10.9 Å². The lowest BCUT2D eigenvalue weighted by Crippen LogP contribution is -2.42. The van der Waals surface area contributed by atoms with Gasteiger partial charge in [0.15, 0.2) is 11.5 Å². The van der Waals surface area contributed by atoms with Crippen molar-refractivity contribution in [2.24, 2.45) is 0 Å². The smallest absolute Gasteiger partial charge is 0.268 e. The Morgan fingerprint density at radius 3 is 2.52 bits per heavy atom. The van der Waals surface area contributed by atoms with E-state index in [2.05, 4.69) is 16.8 Å². The molecule has 170 valence electrons. The third-order valence-electron chi connectivity index (χ3n) is 5.10. The number of fused-ring (bicyclic) bond motifs is 1. The third kappa shape index (κ3) is 5.12. The summed E-state index contributed by atoms with van der Waals surface area (Å²) in [5, 5.41) is 13.9. The normalized spacial score (nSPS) is 14.0. The number of aromatic hydroxyl groups is 1. The van der Waals surface area contributed by atoms with Gasteiger partial charge in [0.25, 0.3) is 11.5 Å². The SMILES string of the molecule is C=CCn1c(=O)c(C(=O)NCCN2CCOCC2)c(O)c2cc(OC)c(OC)cc21.Cl. The van der Waals surface area contributed by atoms with Gasteiger partial charge in [0.1, 0.15) is 11.3 Å². The number of halogens is 1. The molecule has 0 unspecified atom stereocenters. The summed E-state index contributed by atoms with van der Waals surface area (Å²) in [4.78, 5) is 28.0. The first kappa shape index (κ1) is 24.5. The van der Waals surface area contributed by atoms with Crippen molar-refractivity contribution >= 4 is 29.2 Å². The molecule has 1 amide bonds. The molecule has 9 nitrogen and oxygen atoms in total. The number of methoxy groups -OCH3 is 2. The van der Waals surface area contributed by atoms with E-state index in [9.17, 15) is 14.7 Å². The Bertz CT molecular complexity index is 1000. The third-order valence-corrected chi connectivity index (χ3v) is 5.10. The second-order valence-corrected chi connectivity index (χ2v) is 6.86. The minimum Gasteiger partial charge on any atom is -0.506 e. The zero-order chi connectivity index (χ0) is 21.7. The minimum atomic E-state index is -0.625. The monoisotopic (exact) mass is 453 g/mol. The lowest BCUT2D eigenvalue weighted by atomic mass is 10.1. The summed E-state index contributed by atoms with van der Waals surface area (Å²) in [5.41, 5.74) is -0.491. The van der Waals surface area contributed by atoms with Crippen molar-refractivity contribution in [2.75, 3.05) is 53.6 Å². The molecule has 2 heterocycles. The largest absolute Gasteiger partial charge is 0.506 e. The van der Waals surface area contributed by atoms with E-state index >= 15 is 0 Å². The van der Waals surface area contributed by atoms with Gasteiger partial charge in [0.05, 0.1) is 33.0 Å². The number of hydrogen-bond acceptors (Lipinski definition) is 7. The number of aromatic nitrogens is 1. The average Bonchev–Trinajstić information content (AvgIpc) is 2.76. The first-order valence-electron chi connectivity index (χ1n) is 9.72. The van der Waals surface area contributed by atoms with Crippen LogP contribution in [0.1, 0.15) is 10.4 Å². The fourth-order valence-corrected chi connectivity index (χ4v) is 3.52. The lowest BCUT2D eigenvalue weighted by Gasteiger charge is -2.26. The van der Waals surface area contributed by atoms with Gasteiger partial charge in [0.2, 0.25) is 0 Å². The topological polar surface area (TPSA) is 102 Å². The van der Waals surface area contributed by atoms with Crippen LogP contribution in [0, 0.1) is 0 Å². The Hall–Kier alpha value is -2.75. The molecule has 0 aliphatic carbocycles. The van der Waals surface area contributed by atoms with Crippen LogP contribution < -0.4 is 20.3 Å². The van der Waals surface area contributed by atoms with Crippen LogP contribution in [0.5, 0.6) is 17.2 Å². The molecule has 10 heteroatoms. The number of rotatable bonds is 8. The summed E-state index contributed by atoms with van der Waals surface area (Å²) in [7, 11) is 2.95. The first-order chi connectivity index (χ1) is 14.5. The van der Waals surface area contributed by atoms with Crippen LogP contribution in [-0.4, -0.2) is 74.1 Å². The number of carbonyl (C=O) groups excluding carboxylic acids is 1. The molecule has 1 fully saturated rings. The zero-order valence-corrected chi connectivity index (χ0v) is 18.5. The zero-order valence-electron chi connectivity index (χ0n) is 17.7. The van der Waals surface area contributed by atoms with Crippen LogP contribution in [0.4, 0.5) is 0 Å². The number of nitrogens with zero attached hydrogens (tertiary/aromatic N) is 2. The molecule has 0 spiro atoms. The Kier molecular flexibility index (Phi) is 8.73. The van der Waals surface area contributed by atoms with E-state index in [0.29, 0.717) is 48.7 Å². The van der Waals surface area contributed by atoms with Crippen molar-refractivity contribution in [1.82, 2.24) is 14.8 Å². The van der Waals surface area contributed by atoms with Gasteiger partial charge in [-0.25, -0.2) is 0 Å². The highest BCUT2D eigenvalue weighted by Gasteiger charge is 2.23. The number of amides is 1. The number of morpholine rings is 1. The molecular formula is C21H28ClN3O6. The van der Waals surface area contributed by atoms with Gasteiger partial charge in [-0.2, -0.15) is 0 Å². The predicted octanol–water partition coefficient (Wildman–Crippen LogP) is 1.39. The molecule has 1 aliphatic heterocycles. The van der Waals surface area contributed by atoms with Gasteiger partial charge in [-0.15, -0.1) is 19.0 Å². The van der Waals surface area contributed by atoms with Gasteiger partial charge in [0, 0.05) is 44.2 Å². The Balaban J connectivity index is 0.00000341. The fourth-order valence-electron chi connectivity index (χ4n) is 3.52. The fraction of sp³-hybridized carbons (Fsp3) is 0.429. The number of pyridine rings is 1. The van der Waals surface area contributed by atoms with Crippen LogP contribution in [0.3, 0.4) is 0 Å². The molecule has 2 N–H and O–H groups in total. The van der Waals surface area contributed by atoms with E-state index in [1.54, 1.807) is 18.2 Å². The molecule has 1 aromatic carbocycles. The maximum Gasteiger partial charge on any atom is 0.268 e. The minimum absolute atomic E-state index is 0. The van der Waals surface area contributed by atoms with E-state index < -0.39 is 11.5 Å². The van der Waals surface area contributed by atoms with Crippen molar-refractivity contribution in [3.05, 3.63) is 40.7 Å². The molecule has 3 rings (SSSR count). The van der Waals surface area contributed by atoms with E-state index in [1.807, 2.05) is 0 Å². The number of ether oxygens (including phenoxy) is 3. The summed E-state index contributed by atoms with van der Waals surface area (Å²) in [5.74, 6) is -0.229. The quantitative estimate of drug-likeness (QED) is 0.582. The van der Waals surface area contributed by atoms with Crippen molar-refractivity contribution in [3.63, 3.8) is 0 Å². The number of benzene rings is 1. The van der Waals surface area contributed by atoms with Gasteiger partial charge < -0.3 is 29.2 Å². The number of carbonyl (C=O) groups is 1. The highest BCUT2D eigenvalue weighted by molar-refractivity contribution is 6.03. The Morgan fingerprint density at radius 2 is 1.90 bits per heavy atom. The van der Waals surface area contributed by atoms with E-state index in [1.165, 1.54) is 18.8 Å². The molecular weight excluding hydrogens is 426 g/mol. The van der Waals surface area contributed by atoms with Gasteiger partial charge in [-0.3, -0.25) is 14.5 Å². The number of hydrogen-bond donors (Lipinski definition) is 2. The Labute approximate surface area is 186 Å². The van der Waals surface area contributed by atoms with Crippen LogP contribution >= 0.6 is 12.4 Å². The van der Waals surface area contributed by atoms with E-state index in [-0.39, 0.29) is 30.3 Å². The highest BCUT2D eigenvalue weighted by Crippen LogP contribution is 2.36. The first-order valence-corrected chi connectivity index (χ1v) is 9.72. The standard InChI is InChI=1S/C21H27N3O6.ClH/c1-4-6-24-15-13-17(29-3)16(28-2)12-14(15)19(25)18(21(24)27)20(26)22-5-7-23-8-10-30-11-9-23;/h4,12-13,25H,1,5-11H2,2-3H3,(H,22,26);1H. The van der Waals surface area contributed by atoms with Crippen LogP contribution in [0.2, 0.25) is 0 Å². The maximum atomic E-state index is 13.0.